The number of nitrogens with two attached hydrogens (primary N) is 1. The Morgan fingerprint density at radius 1 is 1.19 bits per heavy atom. The summed E-state index contributed by atoms with van der Waals surface area (Å²) in [5.41, 5.74) is 5.88. The van der Waals surface area contributed by atoms with Crippen LogP contribution in [-0.4, -0.2) is 24.4 Å². The molecule has 2 aliphatic rings. The highest BCUT2D eigenvalue weighted by molar-refractivity contribution is 4.98. The Morgan fingerprint density at radius 2 is 1.81 bits per heavy atom. The van der Waals surface area contributed by atoms with Crippen molar-refractivity contribution in [2.24, 2.45) is 23.5 Å². The molecule has 1 heterocycles. The minimum Gasteiger partial charge on any atom is -0.375 e. The molecular formula is C11H18F3NO. The minimum absolute atomic E-state index is 0.0213. The molecule has 0 bridgehead atoms. The number of fused-ring (bicyclic) bond motifs is 1. The summed E-state index contributed by atoms with van der Waals surface area (Å²) in [6.45, 7) is 3.93. The summed E-state index contributed by atoms with van der Waals surface area (Å²) in [7, 11) is 0. The summed E-state index contributed by atoms with van der Waals surface area (Å²) in [6.07, 6.45) is -4.30. The van der Waals surface area contributed by atoms with Crippen molar-refractivity contribution < 1.29 is 17.9 Å². The van der Waals surface area contributed by atoms with Gasteiger partial charge in [-0.15, -0.1) is 0 Å². The molecule has 5 heteroatoms. The van der Waals surface area contributed by atoms with Crippen molar-refractivity contribution in [2.75, 3.05) is 0 Å². The summed E-state index contributed by atoms with van der Waals surface area (Å²) in [6, 6.07) is -0.384. The molecule has 94 valence electrons. The van der Waals surface area contributed by atoms with Crippen LogP contribution in [-0.2, 0) is 4.74 Å². The maximum absolute atomic E-state index is 12.7. The van der Waals surface area contributed by atoms with Gasteiger partial charge in [-0.3, -0.25) is 0 Å². The zero-order valence-corrected chi connectivity index (χ0v) is 9.50. The lowest BCUT2D eigenvalue weighted by Gasteiger charge is -2.37. The van der Waals surface area contributed by atoms with Crippen LogP contribution >= 0.6 is 0 Å². The topological polar surface area (TPSA) is 35.2 Å². The van der Waals surface area contributed by atoms with Gasteiger partial charge in [0.2, 0.25) is 0 Å². The Hall–Kier alpha value is -0.290. The van der Waals surface area contributed by atoms with Gasteiger partial charge in [0.25, 0.3) is 0 Å². The third-order valence-corrected chi connectivity index (χ3v) is 4.20. The van der Waals surface area contributed by atoms with Crippen LogP contribution in [0.5, 0.6) is 0 Å². The van der Waals surface area contributed by atoms with Crippen molar-refractivity contribution in [2.45, 2.75) is 51.1 Å². The number of alkyl halides is 3. The molecule has 1 saturated heterocycles. The summed E-state index contributed by atoms with van der Waals surface area (Å²) >= 11 is 0. The van der Waals surface area contributed by atoms with E-state index in [1.165, 1.54) is 0 Å². The zero-order valence-electron chi connectivity index (χ0n) is 9.50. The lowest BCUT2D eigenvalue weighted by molar-refractivity contribution is -0.195. The Bertz CT molecular complexity index is 268. The SMILES string of the molecule is CC1OC2CC(C(F)(F)F)CC(N)C2C1C. The third kappa shape index (κ3) is 1.95. The standard InChI is InChI=1S/C11H18F3NO/c1-5-6(2)16-9-4-7(11(12,13)14)3-8(15)10(5)9/h5-10H,3-4,15H2,1-2H3. The first-order valence-corrected chi connectivity index (χ1v) is 5.78. The van der Waals surface area contributed by atoms with Gasteiger partial charge in [-0.1, -0.05) is 6.92 Å². The molecule has 1 aliphatic heterocycles. The van der Waals surface area contributed by atoms with Gasteiger partial charge in [-0.25, -0.2) is 0 Å². The molecule has 16 heavy (non-hydrogen) atoms. The van der Waals surface area contributed by atoms with Crippen LogP contribution in [0.1, 0.15) is 26.7 Å². The van der Waals surface area contributed by atoms with E-state index in [0.717, 1.165) is 0 Å². The Balaban J connectivity index is 2.12. The minimum atomic E-state index is -4.14. The Kier molecular flexibility index (Phi) is 2.95. The average Bonchev–Trinajstić information content (AvgIpc) is 2.41. The van der Waals surface area contributed by atoms with E-state index < -0.39 is 12.1 Å². The van der Waals surface area contributed by atoms with Crippen molar-refractivity contribution in [3.8, 4) is 0 Å². The van der Waals surface area contributed by atoms with Crippen molar-refractivity contribution >= 4 is 0 Å². The van der Waals surface area contributed by atoms with Crippen LogP contribution in [0.2, 0.25) is 0 Å². The van der Waals surface area contributed by atoms with Gasteiger partial charge in [0.1, 0.15) is 0 Å². The van der Waals surface area contributed by atoms with E-state index in [2.05, 4.69) is 0 Å². The fraction of sp³-hybridized carbons (Fsp3) is 1.00. The summed E-state index contributed by atoms with van der Waals surface area (Å²) in [5, 5.41) is 0. The third-order valence-electron chi connectivity index (χ3n) is 4.20. The summed E-state index contributed by atoms with van der Waals surface area (Å²) < 4.78 is 43.6. The molecule has 0 aromatic carbocycles. The molecule has 0 spiro atoms. The van der Waals surface area contributed by atoms with E-state index in [0.29, 0.717) is 0 Å². The van der Waals surface area contributed by atoms with Gasteiger partial charge >= 0.3 is 6.18 Å². The van der Waals surface area contributed by atoms with Crippen molar-refractivity contribution in [1.82, 2.24) is 0 Å². The van der Waals surface area contributed by atoms with E-state index in [1.54, 1.807) is 0 Å². The van der Waals surface area contributed by atoms with Gasteiger partial charge in [0.15, 0.2) is 0 Å². The highest BCUT2D eigenvalue weighted by Gasteiger charge is 2.53. The molecule has 0 amide bonds. The smallest absolute Gasteiger partial charge is 0.375 e. The van der Waals surface area contributed by atoms with Crippen molar-refractivity contribution in [3.63, 3.8) is 0 Å². The summed E-state index contributed by atoms with van der Waals surface area (Å²) in [4.78, 5) is 0. The van der Waals surface area contributed by atoms with Gasteiger partial charge < -0.3 is 10.5 Å². The van der Waals surface area contributed by atoms with E-state index in [-0.39, 0.29) is 42.9 Å². The van der Waals surface area contributed by atoms with Gasteiger partial charge in [-0.05, 0) is 25.7 Å². The average molecular weight is 237 g/mol. The zero-order chi connectivity index (χ0) is 12.1. The van der Waals surface area contributed by atoms with Crippen LogP contribution in [0.25, 0.3) is 0 Å². The van der Waals surface area contributed by atoms with Crippen molar-refractivity contribution in [1.29, 1.82) is 0 Å². The molecule has 0 aromatic heterocycles. The number of halogens is 3. The van der Waals surface area contributed by atoms with E-state index in [4.69, 9.17) is 10.5 Å². The maximum atomic E-state index is 12.7. The monoisotopic (exact) mass is 237 g/mol. The molecule has 1 aliphatic carbocycles. The fourth-order valence-electron chi connectivity index (χ4n) is 3.15. The molecular weight excluding hydrogens is 219 g/mol. The van der Waals surface area contributed by atoms with Crippen LogP contribution in [0.15, 0.2) is 0 Å². The number of rotatable bonds is 0. The first kappa shape index (κ1) is 12.2. The van der Waals surface area contributed by atoms with E-state index in [9.17, 15) is 13.2 Å². The maximum Gasteiger partial charge on any atom is 0.391 e. The normalized spacial score (nSPS) is 49.1. The lowest BCUT2D eigenvalue weighted by Crippen LogP contribution is -2.48. The largest absolute Gasteiger partial charge is 0.391 e. The molecule has 2 N–H and O–H groups in total. The van der Waals surface area contributed by atoms with Crippen LogP contribution < -0.4 is 5.73 Å². The fourth-order valence-corrected chi connectivity index (χ4v) is 3.15. The van der Waals surface area contributed by atoms with Gasteiger partial charge in [0, 0.05) is 12.0 Å². The van der Waals surface area contributed by atoms with E-state index in [1.807, 2.05) is 13.8 Å². The van der Waals surface area contributed by atoms with Crippen LogP contribution in [0.4, 0.5) is 13.2 Å². The second kappa shape index (κ2) is 3.88. The van der Waals surface area contributed by atoms with Gasteiger partial charge in [-0.2, -0.15) is 13.2 Å². The van der Waals surface area contributed by atoms with Crippen LogP contribution in [0.3, 0.4) is 0 Å². The number of hydrogen-bond acceptors (Lipinski definition) is 2. The van der Waals surface area contributed by atoms with Crippen molar-refractivity contribution in [3.05, 3.63) is 0 Å². The molecule has 2 rings (SSSR count). The molecule has 0 radical (unpaired) electrons. The first-order valence-electron chi connectivity index (χ1n) is 5.78. The molecule has 2 fully saturated rings. The predicted molar refractivity (Wildman–Crippen MR) is 53.7 cm³/mol. The van der Waals surface area contributed by atoms with Crippen LogP contribution in [0, 0.1) is 17.8 Å². The number of hydrogen-bond donors (Lipinski definition) is 1. The highest BCUT2D eigenvalue weighted by atomic mass is 19.4. The summed E-state index contributed by atoms with van der Waals surface area (Å²) in [5.74, 6) is -0.941. The molecule has 6 atom stereocenters. The molecule has 1 saturated carbocycles. The molecule has 2 nitrogen and oxygen atoms in total. The quantitative estimate of drug-likeness (QED) is 0.701. The predicted octanol–water partition coefficient (Wildman–Crippen LogP) is 2.33. The van der Waals surface area contributed by atoms with E-state index >= 15 is 0 Å². The highest BCUT2D eigenvalue weighted by Crippen LogP contribution is 2.46. The van der Waals surface area contributed by atoms with Gasteiger partial charge in [0.05, 0.1) is 18.1 Å². The Labute approximate surface area is 93.3 Å². The second-order valence-electron chi connectivity index (χ2n) is 5.19. The number of ether oxygens (including phenoxy) is 1. The molecule has 6 unspecified atom stereocenters. The second-order valence-corrected chi connectivity index (χ2v) is 5.19. The first-order chi connectivity index (χ1) is 7.30. The lowest BCUT2D eigenvalue weighted by atomic mass is 9.72. The molecule has 0 aromatic rings. The Morgan fingerprint density at radius 3 is 2.38 bits per heavy atom.